The van der Waals surface area contributed by atoms with Crippen molar-refractivity contribution in [2.75, 3.05) is 0 Å². The number of amides is 1. The van der Waals surface area contributed by atoms with Gasteiger partial charge in [0.05, 0.1) is 23.4 Å². The number of aryl methyl sites for hydroxylation is 1. The second-order valence-corrected chi connectivity index (χ2v) is 5.95. The van der Waals surface area contributed by atoms with E-state index in [-0.39, 0.29) is 11.9 Å². The molecule has 1 amide bonds. The molecule has 0 bridgehead atoms. The van der Waals surface area contributed by atoms with E-state index in [1.807, 2.05) is 64.6 Å². The minimum absolute atomic E-state index is 0.0297. The molecule has 1 aromatic carbocycles. The Morgan fingerprint density at radius 1 is 1.16 bits per heavy atom. The highest BCUT2D eigenvalue weighted by atomic mass is 16.1. The lowest BCUT2D eigenvalue weighted by Gasteiger charge is -2.12. The Bertz CT molecular complexity index is 1030. The molecule has 3 aromatic heterocycles. The summed E-state index contributed by atoms with van der Waals surface area (Å²) in [7, 11) is 0. The molecule has 7 nitrogen and oxygen atoms in total. The molecule has 4 aromatic rings. The Labute approximate surface area is 144 Å². The van der Waals surface area contributed by atoms with Gasteiger partial charge < -0.3 is 9.88 Å². The van der Waals surface area contributed by atoms with Crippen molar-refractivity contribution in [3.05, 3.63) is 60.8 Å². The molecule has 0 aliphatic carbocycles. The summed E-state index contributed by atoms with van der Waals surface area (Å²) in [6.45, 7) is 2.49. The summed E-state index contributed by atoms with van der Waals surface area (Å²) in [6, 6.07) is 13.4. The van der Waals surface area contributed by atoms with Gasteiger partial charge >= 0.3 is 0 Å². The molecule has 0 spiro atoms. The lowest BCUT2D eigenvalue weighted by atomic mass is 10.2. The minimum Gasteiger partial charge on any atom is -0.346 e. The van der Waals surface area contributed by atoms with E-state index in [4.69, 9.17) is 0 Å². The van der Waals surface area contributed by atoms with Gasteiger partial charge in [0.1, 0.15) is 0 Å². The number of aromatic nitrogens is 5. The molecule has 3 heterocycles. The first-order valence-corrected chi connectivity index (χ1v) is 8.21. The van der Waals surface area contributed by atoms with Gasteiger partial charge in [0, 0.05) is 19.2 Å². The van der Waals surface area contributed by atoms with Crippen LogP contribution in [0.1, 0.15) is 25.2 Å². The van der Waals surface area contributed by atoms with Crippen molar-refractivity contribution in [2.45, 2.75) is 25.9 Å². The van der Waals surface area contributed by atoms with E-state index in [0.29, 0.717) is 13.0 Å². The van der Waals surface area contributed by atoms with E-state index in [9.17, 15) is 4.79 Å². The number of nitrogens with zero attached hydrogens (tertiary/aromatic N) is 5. The SMILES string of the molecule is CC(NC(=O)CCn1cnc2ccccc21)c1nnc2ccccn12. The number of carbonyl (C=O) groups is 1. The first-order valence-electron chi connectivity index (χ1n) is 8.21. The molecule has 25 heavy (non-hydrogen) atoms. The fourth-order valence-corrected chi connectivity index (χ4v) is 2.94. The lowest BCUT2D eigenvalue weighted by Crippen LogP contribution is -2.28. The number of nitrogens with one attached hydrogen (secondary N) is 1. The third-order valence-corrected chi connectivity index (χ3v) is 4.21. The van der Waals surface area contributed by atoms with Crippen molar-refractivity contribution in [1.29, 1.82) is 0 Å². The predicted molar refractivity (Wildman–Crippen MR) is 93.9 cm³/mol. The summed E-state index contributed by atoms with van der Waals surface area (Å²) in [5.74, 6) is 0.690. The Hall–Kier alpha value is -3.22. The quantitative estimate of drug-likeness (QED) is 0.608. The second-order valence-electron chi connectivity index (χ2n) is 5.95. The van der Waals surface area contributed by atoms with Crippen molar-refractivity contribution >= 4 is 22.6 Å². The molecule has 1 N–H and O–H groups in total. The number of hydrogen-bond acceptors (Lipinski definition) is 4. The zero-order chi connectivity index (χ0) is 17.2. The average Bonchev–Trinajstić information content (AvgIpc) is 3.24. The van der Waals surface area contributed by atoms with Gasteiger partial charge in [-0.2, -0.15) is 0 Å². The van der Waals surface area contributed by atoms with Crippen LogP contribution in [0.15, 0.2) is 55.0 Å². The van der Waals surface area contributed by atoms with Crippen LogP contribution in [0.2, 0.25) is 0 Å². The molecule has 0 fully saturated rings. The zero-order valence-corrected chi connectivity index (χ0v) is 13.8. The maximum atomic E-state index is 12.3. The number of fused-ring (bicyclic) bond motifs is 2. The van der Waals surface area contributed by atoms with Crippen LogP contribution in [-0.2, 0) is 11.3 Å². The molecule has 4 rings (SSSR count). The lowest BCUT2D eigenvalue weighted by molar-refractivity contribution is -0.122. The summed E-state index contributed by atoms with van der Waals surface area (Å²) < 4.78 is 3.88. The fraction of sp³-hybridized carbons (Fsp3) is 0.222. The van der Waals surface area contributed by atoms with Crippen LogP contribution in [0.4, 0.5) is 0 Å². The summed E-state index contributed by atoms with van der Waals surface area (Å²) in [5, 5.41) is 11.3. The predicted octanol–water partition coefficient (Wildman–Crippen LogP) is 2.35. The highest BCUT2D eigenvalue weighted by molar-refractivity contribution is 5.77. The van der Waals surface area contributed by atoms with E-state index >= 15 is 0 Å². The maximum absolute atomic E-state index is 12.3. The van der Waals surface area contributed by atoms with E-state index in [2.05, 4.69) is 20.5 Å². The summed E-state index contributed by atoms with van der Waals surface area (Å²) in [4.78, 5) is 16.7. The van der Waals surface area contributed by atoms with E-state index in [1.165, 1.54) is 0 Å². The molecule has 126 valence electrons. The van der Waals surface area contributed by atoms with Crippen LogP contribution >= 0.6 is 0 Å². The molecule has 0 saturated carbocycles. The van der Waals surface area contributed by atoms with Crippen molar-refractivity contribution < 1.29 is 4.79 Å². The largest absolute Gasteiger partial charge is 0.346 e. The van der Waals surface area contributed by atoms with Crippen molar-refractivity contribution in [3.8, 4) is 0 Å². The van der Waals surface area contributed by atoms with Gasteiger partial charge in [-0.1, -0.05) is 18.2 Å². The number of pyridine rings is 1. The number of hydrogen-bond donors (Lipinski definition) is 1. The van der Waals surface area contributed by atoms with E-state index < -0.39 is 0 Å². The zero-order valence-electron chi connectivity index (χ0n) is 13.8. The van der Waals surface area contributed by atoms with Gasteiger partial charge in [-0.15, -0.1) is 10.2 Å². The van der Waals surface area contributed by atoms with Crippen LogP contribution < -0.4 is 5.32 Å². The smallest absolute Gasteiger partial charge is 0.222 e. The molecule has 7 heteroatoms. The van der Waals surface area contributed by atoms with Gasteiger partial charge in [-0.3, -0.25) is 9.20 Å². The molecular weight excluding hydrogens is 316 g/mol. The summed E-state index contributed by atoms with van der Waals surface area (Å²) >= 11 is 0. The number of rotatable bonds is 5. The number of benzene rings is 1. The molecule has 0 aliphatic rings. The Morgan fingerprint density at radius 3 is 2.92 bits per heavy atom. The number of carbonyl (C=O) groups excluding carboxylic acids is 1. The highest BCUT2D eigenvalue weighted by Gasteiger charge is 2.15. The maximum Gasteiger partial charge on any atom is 0.222 e. The van der Waals surface area contributed by atoms with Gasteiger partial charge in [0.25, 0.3) is 0 Å². The third-order valence-electron chi connectivity index (χ3n) is 4.21. The Kier molecular flexibility index (Phi) is 3.89. The van der Waals surface area contributed by atoms with Crippen LogP contribution in [0.25, 0.3) is 16.7 Å². The monoisotopic (exact) mass is 334 g/mol. The third kappa shape index (κ3) is 2.96. The molecule has 0 radical (unpaired) electrons. The molecular formula is C18H18N6O. The van der Waals surface area contributed by atoms with Gasteiger partial charge in [-0.25, -0.2) is 4.98 Å². The average molecular weight is 334 g/mol. The van der Waals surface area contributed by atoms with Crippen LogP contribution in [0.3, 0.4) is 0 Å². The first-order chi connectivity index (χ1) is 12.2. The normalized spacial score (nSPS) is 12.5. The molecule has 0 aliphatic heterocycles. The standard InChI is InChI=1S/C18H18N6O/c1-13(18-22-21-16-8-4-5-10-24(16)18)20-17(25)9-11-23-12-19-14-6-2-3-7-15(14)23/h2-8,10,12-13H,9,11H2,1H3,(H,20,25). The topological polar surface area (TPSA) is 77.1 Å². The fourth-order valence-electron chi connectivity index (χ4n) is 2.94. The van der Waals surface area contributed by atoms with Gasteiger partial charge in [0.2, 0.25) is 5.91 Å². The van der Waals surface area contributed by atoms with Crippen LogP contribution in [0.5, 0.6) is 0 Å². The molecule has 1 unspecified atom stereocenters. The molecule has 1 atom stereocenters. The minimum atomic E-state index is -0.218. The summed E-state index contributed by atoms with van der Waals surface area (Å²) in [5.41, 5.74) is 2.74. The van der Waals surface area contributed by atoms with E-state index in [1.54, 1.807) is 6.33 Å². The van der Waals surface area contributed by atoms with E-state index in [0.717, 1.165) is 22.5 Å². The molecule has 0 saturated heterocycles. The van der Waals surface area contributed by atoms with Gasteiger partial charge in [0.15, 0.2) is 11.5 Å². The highest BCUT2D eigenvalue weighted by Crippen LogP contribution is 2.14. The summed E-state index contributed by atoms with van der Waals surface area (Å²) in [6.07, 6.45) is 4.04. The first kappa shape index (κ1) is 15.3. The van der Waals surface area contributed by atoms with Crippen molar-refractivity contribution in [2.24, 2.45) is 0 Å². The van der Waals surface area contributed by atoms with Crippen molar-refractivity contribution in [1.82, 2.24) is 29.5 Å². The van der Waals surface area contributed by atoms with Crippen molar-refractivity contribution in [3.63, 3.8) is 0 Å². The number of para-hydroxylation sites is 2. The van der Waals surface area contributed by atoms with Crippen LogP contribution in [0, 0.1) is 0 Å². The van der Waals surface area contributed by atoms with Crippen LogP contribution in [-0.4, -0.2) is 30.1 Å². The number of imidazole rings is 1. The van der Waals surface area contributed by atoms with Gasteiger partial charge in [-0.05, 0) is 31.2 Å². The Morgan fingerprint density at radius 2 is 2.00 bits per heavy atom. The second kappa shape index (κ2) is 6.35. The Balaban J connectivity index is 1.42.